The van der Waals surface area contributed by atoms with E-state index in [1.165, 1.54) is 13.1 Å². The second kappa shape index (κ2) is 7.87. The van der Waals surface area contributed by atoms with E-state index in [4.69, 9.17) is 0 Å². The maximum Gasteiger partial charge on any atom is 0.272 e. The standard InChI is InChI=1S/C20H26F2N4O2S/c1-12(2)17-9-7-14-18(29(28,23-3)26(17)5)11-25(4)19(14)20(27)24-13-6-8-15(21)16(22)10-13/h6,8,10-12,17H,7,9H2,1-5H3,(H,24,27)/t17-,29?/m1/s1. The van der Waals surface area contributed by atoms with Crippen LogP contribution in [0.25, 0.3) is 0 Å². The van der Waals surface area contributed by atoms with Crippen molar-refractivity contribution in [3.63, 3.8) is 0 Å². The minimum absolute atomic E-state index is 0.0472. The number of carbonyl (C=O) groups is 1. The summed E-state index contributed by atoms with van der Waals surface area (Å²) in [6.07, 6.45) is 2.98. The topological polar surface area (TPSA) is 66.7 Å². The minimum Gasteiger partial charge on any atom is -0.345 e. The summed E-state index contributed by atoms with van der Waals surface area (Å²) >= 11 is 0. The number of benzene rings is 1. The number of rotatable bonds is 3. The molecule has 2 heterocycles. The molecule has 9 heteroatoms. The number of nitrogens with zero attached hydrogens (tertiary/aromatic N) is 3. The molecule has 6 nitrogen and oxygen atoms in total. The number of anilines is 1. The molecule has 3 rings (SSSR count). The van der Waals surface area contributed by atoms with Crippen LogP contribution >= 0.6 is 0 Å². The van der Waals surface area contributed by atoms with Gasteiger partial charge < -0.3 is 9.88 Å². The molecule has 1 aliphatic heterocycles. The molecule has 1 aromatic carbocycles. The number of carbonyl (C=O) groups excluding carboxylic acids is 1. The van der Waals surface area contributed by atoms with Gasteiger partial charge in [0.1, 0.15) is 15.6 Å². The van der Waals surface area contributed by atoms with Gasteiger partial charge in [-0.25, -0.2) is 21.7 Å². The zero-order chi connectivity index (χ0) is 21.5. The Morgan fingerprint density at radius 3 is 2.55 bits per heavy atom. The molecular weight excluding hydrogens is 398 g/mol. The van der Waals surface area contributed by atoms with E-state index in [1.54, 1.807) is 17.8 Å². The van der Waals surface area contributed by atoms with Gasteiger partial charge in [0.05, 0.1) is 4.90 Å². The minimum atomic E-state index is -2.87. The molecule has 0 fully saturated rings. The summed E-state index contributed by atoms with van der Waals surface area (Å²) in [6.45, 7) is 4.15. The highest BCUT2D eigenvalue weighted by atomic mass is 32.2. The van der Waals surface area contributed by atoms with Crippen molar-refractivity contribution in [3.05, 3.63) is 47.3 Å². The van der Waals surface area contributed by atoms with Crippen molar-refractivity contribution in [1.82, 2.24) is 8.87 Å². The van der Waals surface area contributed by atoms with Crippen LogP contribution in [0.2, 0.25) is 0 Å². The van der Waals surface area contributed by atoms with E-state index in [2.05, 4.69) is 23.5 Å². The van der Waals surface area contributed by atoms with Gasteiger partial charge in [-0.05, 0) is 30.9 Å². The van der Waals surface area contributed by atoms with E-state index >= 15 is 0 Å². The van der Waals surface area contributed by atoms with Crippen LogP contribution in [0.5, 0.6) is 0 Å². The molecule has 1 aromatic heterocycles. The number of hydrogen-bond donors (Lipinski definition) is 1. The number of nitrogens with one attached hydrogen (secondary N) is 1. The normalized spacial score (nSPS) is 22.3. The van der Waals surface area contributed by atoms with Crippen LogP contribution in [0.1, 0.15) is 36.3 Å². The van der Waals surface area contributed by atoms with E-state index in [9.17, 15) is 17.8 Å². The number of aryl methyl sites for hydroxylation is 1. The Hall–Kier alpha value is -2.26. The van der Waals surface area contributed by atoms with E-state index in [0.717, 1.165) is 18.6 Å². The zero-order valence-electron chi connectivity index (χ0n) is 17.2. The van der Waals surface area contributed by atoms with Gasteiger partial charge in [-0.2, -0.15) is 0 Å². The quantitative estimate of drug-likeness (QED) is 0.814. The lowest BCUT2D eigenvalue weighted by Crippen LogP contribution is -2.39. The fourth-order valence-electron chi connectivity index (χ4n) is 3.97. The monoisotopic (exact) mass is 424 g/mol. The second-order valence-corrected chi connectivity index (χ2v) is 9.96. The lowest BCUT2D eigenvalue weighted by atomic mass is 9.97. The number of fused-ring (bicyclic) bond motifs is 1. The van der Waals surface area contributed by atoms with Gasteiger partial charge in [0.25, 0.3) is 5.91 Å². The van der Waals surface area contributed by atoms with Crippen LogP contribution in [0.3, 0.4) is 0 Å². The molecule has 2 atom stereocenters. The van der Waals surface area contributed by atoms with Gasteiger partial charge in [0.15, 0.2) is 11.6 Å². The summed E-state index contributed by atoms with van der Waals surface area (Å²) in [5, 5.41) is 2.61. The molecule has 2 aromatic rings. The van der Waals surface area contributed by atoms with E-state index in [-0.39, 0.29) is 17.6 Å². The predicted molar refractivity (Wildman–Crippen MR) is 109 cm³/mol. The third-order valence-corrected chi connectivity index (χ3v) is 7.96. The maximum atomic E-state index is 13.8. The summed E-state index contributed by atoms with van der Waals surface area (Å²) in [4.78, 5) is 13.5. The first-order valence-electron chi connectivity index (χ1n) is 9.43. The summed E-state index contributed by atoms with van der Waals surface area (Å²) in [6, 6.07) is 3.24. The fourth-order valence-corrected chi connectivity index (χ4v) is 6.27. The van der Waals surface area contributed by atoms with E-state index < -0.39 is 27.5 Å². The Kier molecular flexibility index (Phi) is 5.82. The Morgan fingerprint density at radius 2 is 1.97 bits per heavy atom. The molecule has 0 saturated carbocycles. The highest BCUT2D eigenvalue weighted by Crippen LogP contribution is 2.35. The van der Waals surface area contributed by atoms with Crippen molar-refractivity contribution < 1.29 is 17.8 Å². The first-order valence-corrected chi connectivity index (χ1v) is 10.9. The Morgan fingerprint density at radius 1 is 1.28 bits per heavy atom. The molecule has 0 aliphatic carbocycles. The summed E-state index contributed by atoms with van der Waals surface area (Å²) in [5.41, 5.74) is 1.17. The second-order valence-electron chi connectivity index (χ2n) is 7.59. The number of hydrogen-bond acceptors (Lipinski definition) is 3. The van der Waals surface area contributed by atoms with Crippen molar-refractivity contribution in [2.24, 2.45) is 17.3 Å². The van der Waals surface area contributed by atoms with Crippen molar-refractivity contribution >= 4 is 21.5 Å². The van der Waals surface area contributed by atoms with Gasteiger partial charge in [0, 0.05) is 50.7 Å². The molecular formula is C20H26F2N4O2S. The fraction of sp³-hybridized carbons (Fsp3) is 0.450. The summed E-state index contributed by atoms with van der Waals surface area (Å²) in [7, 11) is 2.17. The van der Waals surface area contributed by atoms with Crippen LogP contribution in [-0.2, 0) is 23.4 Å². The summed E-state index contributed by atoms with van der Waals surface area (Å²) in [5.74, 6) is -2.23. The van der Waals surface area contributed by atoms with Gasteiger partial charge in [0.2, 0.25) is 0 Å². The van der Waals surface area contributed by atoms with Gasteiger partial charge in [-0.15, -0.1) is 0 Å². The van der Waals surface area contributed by atoms with Gasteiger partial charge >= 0.3 is 0 Å². The van der Waals surface area contributed by atoms with E-state index in [1.807, 2.05) is 11.4 Å². The van der Waals surface area contributed by atoms with Crippen LogP contribution in [0, 0.1) is 17.6 Å². The van der Waals surface area contributed by atoms with Gasteiger partial charge in [-0.3, -0.25) is 4.79 Å². The SMILES string of the molecule is CN=S1(=O)c2cn(C)c(C(=O)Nc3ccc(F)c(F)c3)c2CC[C@H](C(C)C)N1C. The third kappa shape index (κ3) is 3.69. The predicted octanol–water partition coefficient (Wildman–Crippen LogP) is 3.83. The van der Waals surface area contributed by atoms with E-state index in [0.29, 0.717) is 22.6 Å². The molecule has 29 heavy (non-hydrogen) atoms. The average molecular weight is 425 g/mol. The number of aromatic nitrogens is 1. The van der Waals surface area contributed by atoms with Crippen LogP contribution in [-0.4, -0.2) is 39.1 Å². The average Bonchev–Trinajstić information content (AvgIpc) is 2.95. The van der Waals surface area contributed by atoms with Crippen molar-refractivity contribution in [2.75, 3.05) is 19.4 Å². The Labute approximate surface area is 170 Å². The van der Waals surface area contributed by atoms with Crippen molar-refractivity contribution in [2.45, 2.75) is 37.6 Å². The Balaban J connectivity index is 2.06. The molecule has 0 saturated heterocycles. The van der Waals surface area contributed by atoms with Crippen LogP contribution in [0.4, 0.5) is 14.5 Å². The lowest BCUT2D eigenvalue weighted by molar-refractivity contribution is 0.101. The maximum absolute atomic E-state index is 13.8. The van der Waals surface area contributed by atoms with Crippen LogP contribution < -0.4 is 5.32 Å². The highest BCUT2D eigenvalue weighted by molar-refractivity contribution is 7.91. The number of amides is 1. The molecule has 1 unspecified atom stereocenters. The van der Waals surface area contributed by atoms with Crippen molar-refractivity contribution in [1.29, 1.82) is 0 Å². The number of halogens is 2. The molecule has 1 N–H and O–H groups in total. The molecule has 1 amide bonds. The highest BCUT2D eigenvalue weighted by Gasteiger charge is 2.36. The Bertz CT molecular complexity index is 1070. The molecule has 0 radical (unpaired) electrons. The molecule has 0 spiro atoms. The summed E-state index contributed by atoms with van der Waals surface area (Å²) < 4.78 is 48.2. The van der Waals surface area contributed by atoms with Gasteiger partial charge in [-0.1, -0.05) is 13.8 Å². The smallest absolute Gasteiger partial charge is 0.272 e. The third-order valence-electron chi connectivity index (χ3n) is 5.49. The van der Waals surface area contributed by atoms with Crippen molar-refractivity contribution in [3.8, 4) is 0 Å². The lowest BCUT2D eigenvalue weighted by Gasteiger charge is -2.30. The molecule has 1 aliphatic rings. The molecule has 0 bridgehead atoms. The largest absolute Gasteiger partial charge is 0.345 e. The first-order chi connectivity index (χ1) is 13.6. The van der Waals surface area contributed by atoms with Crippen LogP contribution in [0.15, 0.2) is 33.7 Å². The first kappa shape index (κ1) is 21.4. The molecule has 158 valence electrons. The zero-order valence-corrected chi connectivity index (χ0v) is 18.0.